The summed E-state index contributed by atoms with van der Waals surface area (Å²) in [6.07, 6.45) is 0. The van der Waals surface area contributed by atoms with Gasteiger partial charge in [-0.3, -0.25) is 0 Å². The summed E-state index contributed by atoms with van der Waals surface area (Å²) in [4.78, 5) is 0. The standard InChI is InChI=1S/C11H16N2S/c1-11(2,3)13-10(14)12-9-7-5-4-6-8-9/h4-8H,1-3H3,(H2,12,13,14). The molecule has 0 radical (unpaired) electrons. The molecular formula is C11H16N2S. The maximum Gasteiger partial charge on any atom is 0.171 e. The van der Waals surface area contributed by atoms with E-state index < -0.39 is 0 Å². The fourth-order valence-corrected chi connectivity index (χ4v) is 1.45. The topological polar surface area (TPSA) is 24.1 Å². The molecule has 0 saturated carbocycles. The Morgan fingerprint density at radius 3 is 2.21 bits per heavy atom. The molecule has 0 aromatic heterocycles. The van der Waals surface area contributed by atoms with E-state index in [0.717, 1.165) is 5.69 Å². The second-order valence-corrected chi connectivity index (χ2v) is 4.60. The Bertz CT molecular complexity index is 301. The number of anilines is 1. The lowest BCUT2D eigenvalue weighted by Crippen LogP contribution is -2.42. The molecule has 0 unspecified atom stereocenters. The van der Waals surface area contributed by atoms with Gasteiger partial charge in [-0.05, 0) is 45.1 Å². The number of nitrogens with one attached hydrogen (secondary N) is 2. The van der Waals surface area contributed by atoms with Gasteiger partial charge in [0.2, 0.25) is 0 Å². The van der Waals surface area contributed by atoms with E-state index in [2.05, 4.69) is 31.4 Å². The molecule has 0 spiro atoms. The van der Waals surface area contributed by atoms with Crippen molar-refractivity contribution in [3.8, 4) is 0 Å². The van der Waals surface area contributed by atoms with E-state index in [-0.39, 0.29) is 5.54 Å². The van der Waals surface area contributed by atoms with Crippen LogP contribution in [-0.2, 0) is 0 Å². The second kappa shape index (κ2) is 4.42. The lowest BCUT2D eigenvalue weighted by Gasteiger charge is -2.22. The first-order valence-corrected chi connectivity index (χ1v) is 5.02. The Morgan fingerprint density at radius 1 is 1.14 bits per heavy atom. The Morgan fingerprint density at radius 2 is 1.71 bits per heavy atom. The van der Waals surface area contributed by atoms with Gasteiger partial charge in [0.15, 0.2) is 5.11 Å². The number of benzene rings is 1. The molecule has 14 heavy (non-hydrogen) atoms. The van der Waals surface area contributed by atoms with E-state index in [1.165, 1.54) is 0 Å². The van der Waals surface area contributed by atoms with Gasteiger partial charge < -0.3 is 10.6 Å². The Hall–Kier alpha value is -1.09. The van der Waals surface area contributed by atoms with Crippen molar-refractivity contribution in [1.29, 1.82) is 0 Å². The first-order chi connectivity index (χ1) is 6.47. The molecule has 3 heteroatoms. The number of rotatable bonds is 1. The predicted octanol–water partition coefficient (Wildman–Crippen LogP) is 2.77. The minimum absolute atomic E-state index is 0.00113. The minimum Gasteiger partial charge on any atom is -0.358 e. The molecule has 0 fully saturated rings. The third-order valence-electron chi connectivity index (χ3n) is 1.52. The van der Waals surface area contributed by atoms with E-state index in [1.807, 2.05) is 30.3 Å². The van der Waals surface area contributed by atoms with Crippen LogP contribution in [0.15, 0.2) is 30.3 Å². The highest BCUT2D eigenvalue weighted by molar-refractivity contribution is 7.80. The van der Waals surface area contributed by atoms with Crippen LogP contribution in [0.5, 0.6) is 0 Å². The van der Waals surface area contributed by atoms with E-state index in [9.17, 15) is 0 Å². The Kier molecular flexibility index (Phi) is 3.47. The zero-order valence-electron chi connectivity index (χ0n) is 8.79. The lowest BCUT2D eigenvalue weighted by molar-refractivity contribution is 0.515. The van der Waals surface area contributed by atoms with E-state index in [4.69, 9.17) is 12.2 Å². The summed E-state index contributed by atoms with van der Waals surface area (Å²) < 4.78 is 0. The second-order valence-electron chi connectivity index (χ2n) is 4.20. The van der Waals surface area contributed by atoms with Crippen molar-refractivity contribution in [1.82, 2.24) is 5.32 Å². The molecule has 0 bridgehead atoms. The highest BCUT2D eigenvalue weighted by Gasteiger charge is 2.10. The smallest absolute Gasteiger partial charge is 0.171 e. The van der Waals surface area contributed by atoms with Crippen LogP contribution in [0.4, 0.5) is 5.69 Å². The highest BCUT2D eigenvalue weighted by Crippen LogP contribution is 2.06. The summed E-state index contributed by atoms with van der Waals surface area (Å²) in [5.74, 6) is 0. The SMILES string of the molecule is CC(C)(C)NC(=S)Nc1ccccc1. The van der Waals surface area contributed by atoms with Gasteiger partial charge in [-0.15, -0.1) is 0 Å². The van der Waals surface area contributed by atoms with E-state index >= 15 is 0 Å². The van der Waals surface area contributed by atoms with Crippen LogP contribution in [0.25, 0.3) is 0 Å². The number of hydrogen-bond acceptors (Lipinski definition) is 1. The average Bonchev–Trinajstić information content (AvgIpc) is 2.02. The third kappa shape index (κ3) is 4.23. The van der Waals surface area contributed by atoms with Crippen molar-refractivity contribution in [2.75, 3.05) is 5.32 Å². The summed E-state index contributed by atoms with van der Waals surface area (Å²) >= 11 is 5.16. The molecule has 1 aromatic carbocycles. The van der Waals surface area contributed by atoms with E-state index in [1.54, 1.807) is 0 Å². The number of thiocarbonyl (C=S) groups is 1. The maximum atomic E-state index is 5.16. The largest absolute Gasteiger partial charge is 0.358 e. The van der Waals surface area contributed by atoms with Crippen molar-refractivity contribution < 1.29 is 0 Å². The molecule has 1 rings (SSSR count). The van der Waals surface area contributed by atoms with Crippen LogP contribution >= 0.6 is 12.2 Å². The van der Waals surface area contributed by atoms with Gasteiger partial charge >= 0.3 is 0 Å². The summed E-state index contributed by atoms with van der Waals surface area (Å²) in [5, 5.41) is 6.96. The maximum absolute atomic E-state index is 5.16. The molecule has 0 aliphatic heterocycles. The summed E-state index contributed by atoms with van der Waals surface area (Å²) in [7, 11) is 0. The van der Waals surface area contributed by atoms with Crippen LogP contribution in [0.3, 0.4) is 0 Å². The van der Waals surface area contributed by atoms with Crippen molar-refractivity contribution in [2.45, 2.75) is 26.3 Å². The van der Waals surface area contributed by atoms with Crippen LogP contribution in [0, 0.1) is 0 Å². The van der Waals surface area contributed by atoms with Crippen LogP contribution in [0.2, 0.25) is 0 Å². The number of para-hydroxylation sites is 1. The van der Waals surface area contributed by atoms with Gasteiger partial charge in [-0.2, -0.15) is 0 Å². The quantitative estimate of drug-likeness (QED) is 0.694. The van der Waals surface area contributed by atoms with Gasteiger partial charge in [0.1, 0.15) is 0 Å². The predicted molar refractivity (Wildman–Crippen MR) is 65.6 cm³/mol. The van der Waals surface area contributed by atoms with E-state index in [0.29, 0.717) is 5.11 Å². The average molecular weight is 208 g/mol. The summed E-state index contributed by atoms with van der Waals surface area (Å²) in [6, 6.07) is 9.89. The van der Waals surface area contributed by atoms with Gasteiger partial charge in [-0.1, -0.05) is 18.2 Å². The highest BCUT2D eigenvalue weighted by atomic mass is 32.1. The van der Waals surface area contributed by atoms with Gasteiger partial charge in [-0.25, -0.2) is 0 Å². The number of hydrogen-bond donors (Lipinski definition) is 2. The summed E-state index contributed by atoms with van der Waals surface area (Å²) in [6.45, 7) is 6.23. The molecular weight excluding hydrogens is 192 g/mol. The van der Waals surface area contributed by atoms with Crippen LogP contribution in [-0.4, -0.2) is 10.7 Å². The molecule has 0 amide bonds. The lowest BCUT2D eigenvalue weighted by atomic mass is 10.1. The van der Waals surface area contributed by atoms with Crippen LogP contribution in [0.1, 0.15) is 20.8 Å². The van der Waals surface area contributed by atoms with Crippen LogP contribution < -0.4 is 10.6 Å². The normalized spacial score (nSPS) is 10.8. The van der Waals surface area contributed by atoms with Crippen molar-refractivity contribution in [3.05, 3.63) is 30.3 Å². The fraction of sp³-hybridized carbons (Fsp3) is 0.364. The molecule has 0 aliphatic carbocycles. The minimum atomic E-state index is -0.00113. The molecule has 1 aromatic rings. The molecule has 2 N–H and O–H groups in total. The van der Waals surface area contributed by atoms with Crippen molar-refractivity contribution >= 4 is 23.0 Å². The fourth-order valence-electron chi connectivity index (χ4n) is 1.02. The molecule has 0 atom stereocenters. The first kappa shape index (κ1) is 11.0. The first-order valence-electron chi connectivity index (χ1n) is 4.61. The van der Waals surface area contributed by atoms with Gasteiger partial charge in [0.05, 0.1) is 0 Å². The monoisotopic (exact) mass is 208 g/mol. The summed E-state index contributed by atoms with van der Waals surface area (Å²) in [5.41, 5.74) is 1.01. The molecule has 76 valence electrons. The Labute approximate surface area is 90.7 Å². The third-order valence-corrected chi connectivity index (χ3v) is 1.72. The van der Waals surface area contributed by atoms with Gasteiger partial charge in [0.25, 0.3) is 0 Å². The molecule has 2 nitrogen and oxygen atoms in total. The zero-order chi connectivity index (χ0) is 10.6. The van der Waals surface area contributed by atoms with Crippen molar-refractivity contribution in [2.24, 2.45) is 0 Å². The molecule has 0 aliphatic rings. The van der Waals surface area contributed by atoms with Gasteiger partial charge in [0, 0.05) is 11.2 Å². The Balaban J connectivity index is 2.50. The zero-order valence-corrected chi connectivity index (χ0v) is 9.61. The molecule has 0 saturated heterocycles. The van der Waals surface area contributed by atoms with Crippen molar-refractivity contribution in [3.63, 3.8) is 0 Å². The molecule has 0 heterocycles.